The molecule has 3 aromatic rings. The second-order valence-electron chi connectivity index (χ2n) is 7.63. The van der Waals surface area contributed by atoms with Gasteiger partial charge in [0.2, 0.25) is 10.0 Å². The Labute approximate surface area is 190 Å². The van der Waals surface area contributed by atoms with E-state index in [0.717, 1.165) is 21.3 Å². The first kappa shape index (κ1) is 21.2. The number of aromatic nitrogens is 2. The molecule has 0 spiro atoms. The molecule has 0 atom stereocenters. The summed E-state index contributed by atoms with van der Waals surface area (Å²) in [7, 11) is -1.96. The third kappa shape index (κ3) is 3.94. The lowest BCUT2D eigenvalue weighted by molar-refractivity contribution is 0.171. The van der Waals surface area contributed by atoms with E-state index < -0.39 is 10.0 Å². The summed E-state index contributed by atoms with van der Waals surface area (Å²) in [5.41, 5.74) is 0.914. The van der Waals surface area contributed by atoms with Gasteiger partial charge in [0.25, 0.3) is 0 Å². The van der Waals surface area contributed by atoms with E-state index in [2.05, 4.69) is 10.2 Å². The van der Waals surface area contributed by atoms with Crippen molar-refractivity contribution >= 4 is 21.4 Å². The van der Waals surface area contributed by atoms with E-state index in [4.69, 9.17) is 14.2 Å². The van der Waals surface area contributed by atoms with Gasteiger partial charge in [-0.3, -0.25) is 0 Å². The van der Waals surface area contributed by atoms with Crippen molar-refractivity contribution in [3.05, 3.63) is 47.5 Å². The molecule has 3 heterocycles. The van der Waals surface area contributed by atoms with Gasteiger partial charge >= 0.3 is 0 Å². The van der Waals surface area contributed by atoms with Crippen LogP contribution in [0.5, 0.6) is 17.2 Å². The summed E-state index contributed by atoms with van der Waals surface area (Å²) in [5, 5.41) is 10.5. The Morgan fingerprint density at radius 1 is 1.03 bits per heavy atom. The first-order chi connectivity index (χ1) is 15.6. The number of hydrogen-bond acceptors (Lipinski definition) is 8. The van der Waals surface area contributed by atoms with Crippen molar-refractivity contribution in [3.63, 3.8) is 0 Å². The maximum atomic E-state index is 13.2. The number of nitrogens with zero attached hydrogens (tertiary/aromatic N) is 3. The van der Waals surface area contributed by atoms with E-state index in [1.807, 2.05) is 24.3 Å². The zero-order valence-corrected chi connectivity index (χ0v) is 19.2. The second-order valence-corrected chi connectivity index (χ2v) is 10.6. The van der Waals surface area contributed by atoms with Gasteiger partial charge in [-0.15, -0.1) is 10.2 Å². The van der Waals surface area contributed by atoms with E-state index in [0.29, 0.717) is 50.6 Å². The standard InChI is InChI=1S/C22H23N3O5S2/c1-28-18-5-3-2-4-17(18)22-24-23-21(31-22)15-8-10-25(11-9-15)32(26,27)16-6-7-19-20(14-16)30-13-12-29-19/h2-7,14-15H,8-13H2,1H3. The highest BCUT2D eigenvalue weighted by molar-refractivity contribution is 7.89. The van der Waals surface area contributed by atoms with Crippen molar-refractivity contribution in [1.29, 1.82) is 0 Å². The van der Waals surface area contributed by atoms with Crippen LogP contribution in [0.25, 0.3) is 10.6 Å². The molecule has 0 radical (unpaired) electrons. The van der Waals surface area contributed by atoms with Gasteiger partial charge in [0, 0.05) is 25.1 Å². The summed E-state index contributed by atoms with van der Waals surface area (Å²) in [6, 6.07) is 12.5. The van der Waals surface area contributed by atoms with E-state index in [-0.39, 0.29) is 10.8 Å². The van der Waals surface area contributed by atoms with Crippen LogP contribution in [0, 0.1) is 0 Å². The lowest BCUT2D eigenvalue weighted by atomic mass is 9.99. The SMILES string of the molecule is COc1ccccc1-c1nnc(C2CCN(S(=O)(=O)c3ccc4c(c3)OCCO4)CC2)s1. The molecule has 2 aliphatic rings. The van der Waals surface area contributed by atoms with E-state index in [1.165, 1.54) is 4.31 Å². The lowest BCUT2D eigenvalue weighted by Crippen LogP contribution is -2.37. The molecule has 10 heteroatoms. The number of methoxy groups -OCH3 is 1. The first-order valence-electron chi connectivity index (χ1n) is 10.4. The van der Waals surface area contributed by atoms with Crippen LogP contribution >= 0.6 is 11.3 Å². The minimum absolute atomic E-state index is 0.183. The zero-order valence-electron chi connectivity index (χ0n) is 17.6. The van der Waals surface area contributed by atoms with Gasteiger partial charge in [0.1, 0.15) is 24.0 Å². The van der Waals surface area contributed by atoms with Crippen molar-refractivity contribution in [1.82, 2.24) is 14.5 Å². The molecule has 1 aromatic heterocycles. The molecule has 0 amide bonds. The van der Waals surface area contributed by atoms with Crippen LogP contribution < -0.4 is 14.2 Å². The molecule has 5 rings (SSSR count). The first-order valence-corrected chi connectivity index (χ1v) is 12.7. The van der Waals surface area contributed by atoms with Crippen molar-refractivity contribution in [2.45, 2.75) is 23.7 Å². The summed E-state index contributed by atoms with van der Waals surface area (Å²) < 4.78 is 44.3. The Bertz CT molecular complexity index is 1220. The molecule has 0 unspecified atom stereocenters. The van der Waals surface area contributed by atoms with Crippen molar-refractivity contribution in [2.24, 2.45) is 0 Å². The van der Waals surface area contributed by atoms with Crippen LogP contribution in [0.2, 0.25) is 0 Å². The highest BCUT2D eigenvalue weighted by Gasteiger charge is 2.32. The molecular formula is C22H23N3O5S2. The lowest BCUT2D eigenvalue weighted by Gasteiger charge is -2.30. The molecule has 2 aliphatic heterocycles. The largest absolute Gasteiger partial charge is 0.496 e. The topological polar surface area (TPSA) is 90.9 Å². The number of ether oxygens (including phenoxy) is 3. The third-order valence-electron chi connectivity index (χ3n) is 5.73. The Kier molecular flexibility index (Phi) is 5.75. The highest BCUT2D eigenvalue weighted by atomic mass is 32.2. The monoisotopic (exact) mass is 473 g/mol. The molecule has 8 nitrogen and oxygen atoms in total. The summed E-state index contributed by atoms with van der Waals surface area (Å²) in [4.78, 5) is 0.231. The van der Waals surface area contributed by atoms with Crippen molar-refractivity contribution < 1.29 is 22.6 Å². The average Bonchev–Trinajstić information content (AvgIpc) is 3.34. The van der Waals surface area contributed by atoms with Crippen LogP contribution in [0.1, 0.15) is 23.8 Å². The second kappa shape index (κ2) is 8.68. The molecule has 0 aliphatic carbocycles. The number of piperidine rings is 1. The van der Waals surface area contributed by atoms with Crippen molar-refractivity contribution in [3.8, 4) is 27.8 Å². The fraction of sp³-hybridized carbons (Fsp3) is 0.364. The zero-order chi connectivity index (χ0) is 22.1. The fourth-order valence-electron chi connectivity index (χ4n) is 4.01. The molecule has 0 bridgehead atoms. The summed E-state index contributed by atoms with van der Waals surface area (Å²) >= 11 is 1.54. The van der Waals surface area contributed by atoms with E-state index in [9.17, 15) is 8.42 Å². The third-order valence-corrected chi connectivity index (χ3v) is 8.75. The average molecular weight is 474 g/mol. The Morgan fingerprint density at radius 3 is 2.56 bits per heavy atom. The number of hydrogen-bond donors (Lipinski definition) is 0. The minimum Gasteiger partial charge on any atom is -0.496 e. The Morgan fingerprint density at radius 2 is 1.78 bits per heavy atom. The minimum atomic E-state index is -3.60. The van der Waals surface area contributed by atoms with Crippen LogP contribution in [-0.4, -0.2) is 56.3 Å². The molecule has 168 valence electrons. The molecule has 2 aromatic carbocycles. The number of para-hydroxylation sites is 1. The van der Waals surface area contributed by atoms with Gasteiger partial charge in [-0.1, -0.05) is 23.5 Å². The molecule has 0 saturated carbocycles. The van der Waals surface area contributed by atoms with Crippen LogP contribution in [0.3, 0.4) is 0 Å². The normalized spacial score (nSPS) is 17.3. The maximum absolute atomic E-state index is 13.2. The van der Waals surface area contributed by atoms with Gasteiger partial charge in [-0.2, -0.15) is 4.31 Å². The molecule has 32 heavy (non-hydrogen) atoms. The molecule has 1 saturated heterocycles. The van der Waals surface area contributed by atoms with Gasteiger partial charge in [0.15, 0.2) is 16.5 Å². The van der Waals surface area contributed by atoms with Gasteiger partial charge in [-0.05, 0) is 37.1 Å². The summed E-state index contributed by atoms with van der Waals surface area (Å²) in [6.45, 7) is 1.76. The number of fused-ring (bicyclic) bond motifs is 1. The molecular weight excluding hydrogens is 450 g/mol. The summed E-state index contributed by atoms with van der Waals surface area (Å²) in [6.07, 6.45) is 1.40. The molecule has 0 N–H and O–H groups in total. The van der Waals surface area contributed by atoms with Crippen molar-refractivity contribution in [2.75, 3.05) is 33.4 Å². The highest BCUT2D eigenvalue weighted by Crippen LogP contribution is 2.38. The summed E-state index contributed by atoms with van der Waals surface area (Å²) in [5.74, 6) is 2.00. The number of rotatable bonds is 5. The number of sulfonamides is 1. The van der Waals surface area contributed by atoms with Gasteiger partial charge in [-0.25, -0.2) is 8.42 Å². The van der Waals surface area contributed by atoms with Crippen LogP contribution in [0.4, 0.5) is 0 Å². The quantitative estimate of drug-likeness (QED) is 0.560. The fourth-order valence-corrected chi connectivity index (χ4v) is 6.53. The Balaban J connectivity index is 1.29. The Hall–Kier alpha value is -2.69. The van der Waals surface area contributed by atoms with Gasteiger partial charge < -0.3 is 14.2 Å². The molecule has 1 fully saturated rings. The number of benzene rings is 2. The van der Waals surface area contributed by atoms with E-state index in [1.54, 1.807) is 36.6 Å². The maximum Gasteiger partial charge on any atom is 0.243 e. The van der Waals surface area contributed by atoms with Crippen LogP contribution in [-0.2, 0) is 10.0 Å². The predicted molar refractivity (Wildman–Crippen MR) is 120 cm³/mol. The van der Waals surface area contributed by atoms with Gasteiger partial charge in [0.05, 0.1) is 17.6 Å². The smallest absolute Gasteiger partial charge is 0.243 e. The van der Waals surface area contributed by atoms with Crippen LogP contribution in [0.15, 0.2) is 47.4 Å². The predicted octanol–water partition coefficient (Wildman–Crippen LogP) is 3.55. The van der Waals surface area contributed by atoms with E-state index >= 15 is 0 Å².